The molecule has 0 saturated heterocycles. The predicted molar refractivity (Wildman–Crippen MR) is 126 cm³/mol. The summed E-state index contributed by atoms with van der Waals surface area (Å²) in [5, 5.41) is 18.1. The van der Waals surface area contributed by atoms with Crippen molar-refractivity contribution >= 4 is 27.3 Å². The van der Waals surface area contributed by atoms with E-state index < -0.39 is 55.0 Å². The fourth-order valence-corrected chi connectivity index (χ4v) is 6.25. The number of halogens is 6. The molecule has 2 heterocycles. The molecule has 0 unspecified atom stereocenters. The average molecular weight is 589 g/mol. The van der Waals surface area contributed by atoms with E-state index >= 15 is 0 Å². The summed E-state index contributed by atoms with van der Waals surface area (Å²) < 4.78 is 96.3. The fraction of sp³-hybridized carbons (Fsp3) is 0.391. The lowest BCUT2D eigenvalue weighted by molar-refractivity contribution is -0.292. The molecule has 39 heavy (non-hydrogen) atoms. The Kier molecular flexibility index (Phi) is 6.07. The number of alkyl halides is 5. The van der Waals surface area contributed by atoms with E-state index in [2.05, 4.69) is 15.5 Å². The molecule has 0 radical (unpaired) electrons. The number of carbonyl (C=O) groups is 1. The lowest BCUT2D eigenvalue weighted by Gasteiger charge is -2.18. The van der Waals surface area contributed by atoms with Gasteiger partial charge in [0.1, 0.15) is 10.4 Å². The van der Waals surface area contributed by atoms with Gasteiger partial charge in [-0.1, -0.05) is 17.7 Å². The zero-order valence-corrected chi connectivity index (χ0v) is 21.5. The zero-order valence-electron chi connectivity index (χ0n) is 19.9. The van der Waals surface area contributed by atoms with Crippen molar-refractivity contribution < 1.29 is 35.2 Å². The number of sulfone groups is 1. The SMILES string of the molecule is Cn1nc(C(F)(F)C(F)(F)F)c(S(=O)(=O)C2CC2)c1-n1cc(-c2ccc(Cl)c(C(=O)NC3(C#N)CC3)c2)cn1. The third-order valence-corrected chi connectivity index (χ3v) is 9.16. The fourth-order valence-electron chi connectivity index (χ4n) is 4.04. The Morgan fingerprint density at radius 2 is 1.87 bits per heavy atom. The standard InChI is InChI=1S/C23H18ClF5N6O3S/c1-34-20(17(39(37,38)14-3-4-14)18(33-34)22(25,26)23(27,28)29)35-10-13(9-31-35)12-2-5-16(24)15(8-12)19(36)32-21(11-30)6-7-21/h2,5,8-10,14H,3-4,6-7H2,1H3,(H,32,36). The van der Waals surface area contributed by atoms with E-state index in [0.29, 0.717) is 23.1 Å². The lowest BCUT2D eigenvalue weighted by Crippen LogP contribution is -2.35. The molecule has 16 heteroatoms. The van der Waals surface area contributed by atoms with Crippen LogP contribution in [0.5, 0.6) is 0 Å². The number of hydrogen-bond donors (Lipinski definition) is 1. The van der Waals surface area contributed by atoms with Crippen LogP contribution in [0.4, 0.5) is 22.0 Å². The highest BCUT2D eigenvalue weighted by molar-refractivity contribution is 7.92. The first-order valence-electron chi connectivity index (χ1n) is 11.5. The van der Waals surface area contributed by atoms with E-state index in [1.807, 2.05) is 6.07 Å². The second-order valence-electron chi connectivity index (χ2n) is 9.46. The smallest absolute Gasteiger partial charge is 0.334 e. The molecule has 3 aromatic rings. The van der Waals surface area contributed by atoms with Crippen molar-refractivity contribution in [1.29, 1.82) is 5.26 Å². The summed E-state index contributed by atoms with van der Waals surface area (Å²) in [6, 6.07) is 6.33. The Morgan fingerprint density at radius 3 is 2.44 bits per heavy atom. The number of amides is 1. The van der Waals surface area contributed by atoms with Crippen LogP contribution in [0.3, 0.4) is 0 Å². The van der Waals surface area contributed by atoms with Gasteiger partial charge in [-0.3, -0.25) is 4.79 Å². The number of nitrogens with zero attached hydrogens (tertiary/aromatic N) is 5. The minimum atomic E-state index is -6.09. The van der Waals surface area contributed by atoms with Gasteiger partial charge in [0.15, 0.2) is 21.3 Å². The van der Waals surface area contributed by atoms with Gasteiger partial charge in [-0.15, -0.1) is 0 Å². The van der Waals surface area contributed by atoms with Crippen molar-refractivity contribution in [3.05, 3.63) is 46.9 Å². The second-order valence-corrected chi connectivity index (χ2v) is 12.0. The van der Waals surface area contributed by atoms with Crippen molar-refractivity contribution in [3.63, 3.8) is 0 Å². The molecule has 0 atom stereocenters. The highest BCUT2D eigenvalue weighted by Crippen LogP contribution is 2.48. The number of nitrogens with one attached hydrogen (secondary N) is 1. The van der Waals surface area contributed by atoms with Gasteiger partial charge in [0.2, 0.25) is 0 Å². The van der Waals surface area contributed by atoms with Crippen LogP contribution in [0.25, 0.3) is 16.9 Å². The van der Waals surface area contributed by atoms with Crippen LogP contribution in [0, 0.1) is 11.3 Å². The van der Waals surface area contributed by atoms with Crippen molar-refractivity contribution in [2.75, 3.05) is 0 Å². The molecular weight excluding hydrogens is 571 g/mol. The minimum absolute atomic E-state index is 0.0353. The summed E-state index contributed by atoms with van der Waals surface area (Å²) in [5.41, 5.74) is -2.23. The first-order valence-corrected chi connectivity index (χ1v) is 13.4. The lowest BCUT2D eigenvalue weighted by atomic mass is 10.1. The number of rotatable bonds is 7. The Hall–Kier alpha value is -3.51. The summed E-state index contributed by atoms with van der Waals surface area (Å²) >= 11 is 6.18. The molecule has 0 bridgehead atoms. The normalized spacial score (nSPS) is 17.1. The monoisotopic (exact) mass is 588 g/mol. The summed E-state index contributed by atoms with van der Waals surface area (Å²) in [6.07, 6.45) is -2.46. The van der Waals surface area contributed by atoms with E-state index in [9.17, 15) is 40.4 Å². The maximum atomic E-state index is 14.5. The number of nitriles is 1. The molecule has 2 aliphatic carbocycles. The quantitative estimate of drug-likeness (QED) is 0.411. The van der Waals surface area contributed by atoms with Crippen LogP contribution in [0.2, 0.25) is 5.02 Å². The predicted octanol–water partition coefficient (Wildman–Crippen LogP) is 4.30. The van der Waals surface area contributed by atoms with Crippen LogP contribution in [0.1, 0.15) is 41.7 Å². The van der Waals surface area contributed by atoms with Crippen LogP contribution in [-0.4, -0.2) is 50.9 Å². The summed E-state index contributed by atoms with van der Waals surface area (Å²) in [6.45, 7) is 0. The molecule has 5 rings (SSSR count). The molecule has 2 saturated carbocycles. The van der Waals surface area contributed by atoms with Gasteiger partial charge in [-0.2, -0.15) is 37.4 Å². The Balaban J connectivity index is 1.58. The van der Waals surface area contributed by atoms with E-state index in [4.69, 9.17) is 11.6 Å². The van der Waals surface area contributed by atoms with Gasteiger partial charge >= 0.3 is 12.1 Å². The molecule has 1 aromatic carbocycles. The molecule has 2 aliphatic rings. The summed E-state index contributed by atoms with van der Waals surface area (Å²) in [5.74, 6) is -6.74. The molecular formula is C23H18ClF5N6O3S. The van der Waals surface area contributed by atoms with Crippen LogP contribution in [0.15, 0.2) is 35.5 Å². The zero-order chi connectivity index (χ0) is 28.5. The van der Waals surface area contributed by atoms with Crippen molar-refractivity contribution in [1.82, 2.24) is 24.9 Å². The Morgan fingerprint density at radius 1 is 1.21 bits per heavy atom. The molecule has 2 aromatic heterocycles. The molecule has 0 aliphatic heterocycles. The first kappa shape index (κ1) is 27.1. The largest absolute Gasteiger partial charge is 0.459 e. The highest BCUT2D eigenvalue weighted by atomic mass is 35.5. The molecule has 9 nitrogen and oxygen atoms in total. The third kappa shape index (κ3) is 4.55. The number of hydrogen-bond acceptors (Lipinski definition) is 6. The average Bonchev–Trinajstić information content (AvgIpc) is 3.77. The van der Waals surface area contributed by atoms with Gasteiger partial charge in [-0.25, -0.2) is 17.8 Å². The Bertz CT molecular complexity index is 1650. The van der Waals surface area contributed by atoms with Crippen LogP contribution < -0.4 is 5.32 Å². The number of aryl methyl sites for hydroxylation is 1. The van der Waals surface area contributed by atoms with Crippen molar-refractivity contribution in [2.45, 2.75) is 53.5 Å². The maximum Gasteiger partial charge on any atom is 0.459 e. The van der Waals surface area contributed by atoms with E-state index in [0.717, 1.165) is 11.7 Å². The van der Waals surface area contributed by atoms with Crippen molar-refractivity contribution in [2.24, 2.45) is 7.05 Å². The van der Waals surface area contributed by atoms with Crippen molar-refractivity contribution in [3.8, 4) is 23.0 Å². The number of carbonyl (C=O) groups excluding carboxylic acids is 1. The molecule has 1 N–H and O–H groups in total. The number of aromatic nitrogens is 4. The van der Waals surface area contributed by atoms with E-state index in [-0.39, 0.29) is 29.0 Å². The second kappa shape index (κ2) is 8.75. The topological polar surface area (TPSA) is 123 Å². The van der Waals surface area contributed by atoms with Crippen LogP contribution >= 0.6 is 11.6 Å². The minimum Gasteiger partial charge on any atom is -0.334 e. The molecule has 2 fully saturated rings. The summed E-state index contributed by atoms with van der Waals surface area (Å²) in [7, 11) is -3.58. The van der Waals surface area contributed by atoms with Gasteiger partial charge in [0.25, 0.3) is 5.91 Å². The van der Waals surface area contributed by atoms with Gasteiger partial charge in [0, 0.05) is 18.8 Å². The summed E-state index contributed by atoms with van der Waals surface area (Å²) in [4.78, 5) is 11.5. The van der Waals surface area contributed by atoms with Crippen LogP contribution in [-0.2, 0) is 22.8 Å². The Labute approximate surface area is 223 Å². The molecule has 0 spiro atoms. The molecule has 206 valence electrons. The number of benzene rings is 1. The van der Waals surface area contributed by atoms with Gasteiger partial charge < -0.3 is 5.32 Å². The third-order valence-electron chi connectivity index (χ3n) is 6.54. The van der Waals surface area contributed by atoms with Gasteiger partial charge in [0.05, 0.1) is 28.1 Å². The highest BCUT2D eigenvalue weighted by Gasteiger charge is 2.63. The maximum absolute atomic E-state index is 14.5. The van der Waals surface area contributed by atoms with E-state index in [1.165, 1.54) is 30.6 Å². The first-order chi connectivity index (χ1) is 18.1. The van der Waals surface area contributed by atoms with E-state index in [1.54, 1.807) is 0 Å². The molecule has 1 amide bonds. The van der Waals surface area contributed by atoms with Gasteiger partial charge in [-0.05, 0) is 43.4 Å².